The van der Waals surface area contributed by atoms with Crippen LogP contribution in [0.1, 0.15) is 16.7 Å². The number of aryl methyl sites for hydroxylation is 2. The lowest BCUT2D eigenvalue weighted by atomic mass is 10.1. The Morgan fingerprint density at radius 2 is 2.05 bits per heavy atom. The SMILES string of the molecule is Cc1ccc(CN(C)C(=O)/C=C\c2cnn(C)c2)cc1. The molecule has 2 rings (SSSR count). The van der Waals surface area contributed by atoms with E-state index < -0.39 is 0 Å². The highest BCUT2D eigenvalue weighted by atomic mass is 16.2. The molecule has 1 aromatic carbocycles. The summed E-state index contributed by atoms with van der Waals surface area (Å²) in [4.78, 5) is 13.7. The van der Waals surface area contributed by atoms with Crippen LogP contribution in [0.15, 0.2) is 42.7 Å². The Morgan fingerprint density at radius 1 is 1.35 bits per heavy atom. The first-order valence-electron chi connectivity index (χ1n) is 6.52. The maximum Gasteiger partial charge on any atom is 0.246 e. The van der Waals surface area contributed by atoms with Gasteiger partial charge in [-0.05, 0) is 18.6 Å². The van der Waals surface area contributed by atoms with Gasteiger partial charge in [-0.1, -0.05) is 29.8 Å². The van der Waals surface area contributed by atoms with Gasteiger partial charge < -0.3 is 4.90 Å². The van der Waals surface area contributed by atoms with Crippen LogP contribution in [0.4, 0.5) is 0 Å². The first-order chi connectivity index (χ1) is 9.54. The molecule has 0 spiro atoms. The van der Waals surface area contributed by atoms with E-state index in [2.05, 4.69) is 24.2 Å². The van der Waals surface area contributed by atoms with Crippen LogP contribution in [0, 0.1) is 6.92 Å². The summed E-state index contributed by atoms with van der Waals surface area (Å²) in [6.07, 6.45) is 6.94. The minimum absolute atomic E-state index is 0.0190. The van der Waals surface area contributed by atoms with Gasteiger partial charge in [-0.15, -0.1) is 0 Å². The van der Waals surface area contributed by atoms with Crippen LogP contribution in [0.3, 0.4) is 0 Å². The van der Waals surface area contributed by atoms with Crippen molar-refractivity contribution in [2.24, 2.45) is 7.05 Å². The lowest BCUT2D eigenvalue weighted by Crippen LogP contribution is -2.24. The Balaban J connectivity index is 1.95. The Hall–Kier alpha value is -2.36. The minimum Gasteiger partial charge on any atom is -0.338 e. The number of nitrogens with zero attached hydrogens (tertiary/aromatic N) is 3. The summed E-state index contributed by atoms with van der Waals surface area (Å²) in [5, 5.41) is 4.06. The van der Waals surface area contributed by atoms with Crippen LogP contribution in [0.5, 0.6) is 0 Å². The lowest BCUT2D eigenvalue weighted by molar-refractivity contribution is -0.125. The molecular formula is C16H19N3O. The second-order valence-electron chi connectivity index (χ2n) is 4.96. The van der Waals surface area contributed by atoms with Gasteiger partial charge >= 0.3 is 0 Å². The monoisotopic (exact) mass is 269 g/mol. The van der Waals surface area contributed by atoms with Gasteiger partial charge in [0.25, 0.3) is 0 Å². The Kier molecular flexibility index (Phi) is 4.35. The smallest absolute Gasteiger partial charge is 0.246 e. The molecule has 0 saturated heterocycles. The third-order valence-electron chi connectivity index (χ3n) is 3.06. The number of carbonyl (C=O) groups excluding carboxylic acids is 1. The van der Waals surface area contributed by atoms with Gasteiger partial charge in [0.05, 0.1) is 6.20 Å². The predicted molar refractivity (Wildman–Crippen MR) is 79.9 cm³/mol. The van der Waals surface area contributed by atoms with Crippen LogP contribution in [0.2, 0.25) is 0 Å². The molecule has 20 heavy (non-hydrogen) atoms. The van der Waals surface area contributed by atoms with E-state index in [1.807, 2.05) is 25.4 Å². The third-order valence-corrected chi connectivity index (χ3v) is 3.06. The van der Waals surface area contributed by atoms with E-state index in [-0.39, 0.29) is 5.91 Å². The second kappa shape index (κ2) is 6.19. The van der Waals surface area contributed by atoms with Crippen molar-refractivity contribution >= 4 is 12.0 Å². The summed E-state index contributed by atoms with van der Waals surface area (Å²) in [5.74, 6) is -0.0190. The Bertz CT molecular complexity index is 611. The van der Waals surface area contributed by atoms with Gasteiger partial charge in [0, 0.05) is 38.5 Å². The summed E-state index contributed by atoms with van der Waals surface area (Å²) in [6.45, 7) is 2.66. The van der Waals surface area contributed by atoms with Crippen molar-refractivity contribution in [1.29, 1.82) is 0 Å². The van der Waals surface area contributed by atoms with Crippen LogP contribution in [-0.2, 0) is 18.4 Å². The topological polar surface area (TPSA) is 38.1 Å². The van der Waals surface area contributed by atoms with Crippen molar-refractivity contribution in [3.05, 3.63) is 59.4 Å². The fraction of sp³-hybridized carbons (Fsp3) is 0.250. The summed E-state index contributed by atoms with van der Waals surface area (Å²) in [6, 6.07) is 8.20. The van der Waals surface area contributed by atoms with Gasteiger partial charge in [-0.25, -0.2) is 0 Å². The maximum absolute atomic E-state index is 12.0. The Labute approximate surface area is 119 Å². The van der Waals surface area contributed by atoms with Crippen LogP contribution in [0.25, 0.3) is 6.08 Å². The molecule has 0 aliphatic heterocycles. The highest BCUT2D eigenvalue weighted by Gasteiger charge is 2.05. The van der Waals surface area contributed by atoms with E-state index in [1.165, 1.54) is 5.56 Å². The zero-order valence-corrected chi connectivity index (χ0v) is 12.1. The average Bonchev–Trinajstić information content (AvgIpc) is 2.84. The number of hydrogen-bond acceptors (Lipinski definition) is 2. The number of benzene rings is 1. The largest absolute Gasteiger partial charge is 0.338 e. The second-order valence-corrected chi connectivity index (χ2v) is 4.96. The van der Waals surface area contributed by atoms with Gasteiger partial charge in [0.15, 0.2) is 0 Å². The van der Waals surface area contributed by atoms with Gasteiger partial charge in [-0.3, -0.25) is 9.48 Å². The quantitative estimate of drug-likeness (QED) is 0.799. The lowest BCUT2D eigenvalue weighted by Gasteiger charge is -2.15. The molecule has 0 fully saturated rings. The molecule has 4 nitrogen and oxygen atoms in total. The van der Waals surface area contributed by atoms with E-state index >= 15 is 0 Å². The number of likely N-dealkylation sites (N-methyl/N-ethyl adjacent to an activating group) is 1. The molecule has 104 valence electrons. The molecule has 0 saturated carbocycles. The van der Waals surface area contributed by atoms with E-state index in [1.54, 1.807) is 35.0 Å². The van der Waals surface area contributed by atoms with Crippen molar-refractivity contribution in [2.45, 2.75) is 13.5 Å². The molecule has 0 atom stereocenters. The van der Waals surface area contributed by atoms with E-state index in [4.69, 9.17) is 0 Å². The van der Waals surface area contributed by atoms with Crippen LogP contribution < -0.4 is 0 Å². The van der Waals surface area contributed by atoms with Crippen molar-refractivity contribution in [3.63, 3.8) is 0 Å². The first-order valence-corrected chi connectivity index (χ1v) is 6.52. The fourth-order valence-electron chi connectivity index (χ4n) is 1.87. The third kappa shape index (κ3) is 3.82. The standard InChI is InChI=1S/C16H19N3O/c1-13-4-6-14(7-5-13)11-18(2)16(20)9-8-15-10-17-19(3)12-15/h4-10,12H,11H2,1-3H3/b9-8-. The molecule has 0 aliphatic carbocycles. The number of hydrogen-bond donors (Lipinski definition) is 0. The maximum atomic E-state index is 12.0. The van der Waals surface area contributed by atoms with Crippen LogP contribution >= 0.6 is 0 Å². The molecule has 4 heteroatoms. The first kappa shape index (κ1) is 14.1. The van der Waals surface area contributed by atoms with Crippen molar-refractivity contribution in [1.82, 2.24) is 14.7 Å². The van der Waals surface area contributed by atoms with Gasteiger partial charge in [0.1, 0.15) is 0 Å². The highest BCUT2D eigenvalue weighted by Crippen LogP contribution is 2.07. The van der Waals surface area contributed by atoms with E-state index in [0.29, 0.717) is 6.54 Å². The molecule has 0 unspecified atom stereocenters. The molecule has 0 aliphatic rings. The average molecular weight is 269 g/mol. The number of rotatable bonds is 4. The molecule has 1 amide bonds. The zero-order chi connectivity index (χ0) is 14.5. The minimum atomic E-state index is -0.0190. The van der Waals surface area contributed by atoms with E-state index in [9.17, 15) is 4.79 Å². The molecule has 0 bridgehead atoms. The van der Waals surface area contributed by atoms with Gasteiger partial charge in [0.2, 0.25) is 5.91 Å². The molecule has 2 aromatic rings. The molecule has 0 N–H and O–H groups in total. The summed E-state index contributed by atoms with van der Waals surface area (Å²) < 4.78 is 1.71. The van der Waals surface area contributed by atoms with Crippen molar-refractivity contribution in [2.75, 3.05) is 7.05 Å². The number of amides is 1. The van der Waals surface area contributed by atoms with E-state index in [0.717, 1.165) is 11.1 Å². The normalized spacial score (nSPS) is 10.9. The van der Waals surface area contributed by atoms with Crippen molar-refractivity contribution < 1.29 is 4.79 Å². The van der Waals surface area contributed by atoms with Crippen molar-refractivity contribution in [3.8, 4) is 0 Å². The molecule has 1 aromatic heterocycles. The van der Waals surface area contributed by atoms with Crippen LogP contribution in [-0.4, -0.2) is 27.6 Å². The van der Waals surface area contributed by atoms with Gasteiger partial charge in [-0.2, -0.15) is 5.10 Å². The zero-order valence-electron chi connectivity index (χ0n) is 12.1. The number of carbonyl (C=O) groups is 1. The highest BCUT2D eigenvalue weighted by molar-refractivity contribution is 5.91. The Morgan fingerprint density at radius 3 is 2.65 bits per heavy atom. The summed E-state index contributed by atoms with van der Waals surface area (Å²) >= 11 is 0. The molecular weight excluding hydrogens is 250 g/mol. The number of aromatic nitrogens is 2. The predicted octanol–water partition coefficient (Wildman–Crippen LogP) is 2.40. The summed E-state index contributed by atoms with van der Waals surface area (Å²) in [5.41, 5.74) is 3.27. The fourth-order valence-corrected chi connectivity index (χ4v) is 1.87. The summed E-state index contributed by atoms with van der Waals surface area (Å²) in [7, 11) is 3.65. The molecule has 1 heterocycles. The molecule has 0 radical (unpaired) electrons.